The molecule has 1 N–H and O–H groups in total. The summed E-state index contributed by atoms with van der Waals surface area (Å²) in [6, 6.07) is 0.883. The van der Waals surface area contributed by atoms with Gasteiger partial charge in [0.25, 0.3) is 0 Å². The van der Waals surface area contributed by atoms with Crippen LogP contribution in [0.5, 0.6) is 0 Å². The summed E-state index contributed by atoms with van der Waals surface area (Å²) in [6.45, 7) is 12.7. The second-order valence-electron chi connectivity index (χ2n) is 7.58. The Hall–Kier alpha value is -0.0800. The number of hydrogen-bond acceptors (Lipinski definition) is 2. The molecule has 0 bridgehead atoms. The van der Waals surface area contributed by atoms with Crippen molar-refractivity contribution in [2.45, 2.75) is 46.1 Å². The van der Waals surface area contributed by atoms with Crippen LogP contribution < -0.4 is 5.32 Å². The van der Waals surface area contributed by atoms with E-state index in [1.807, 2.05) is 0 Å². The van der Waals surface area contributed by atoms with Crippen molar-refractivity contribution in [1.29, 1.82) is 0 Å². The van der Waals surface area contributed by atoms with Crippen LogP contribution in [0.1, 0.15) is 40.0 Å². The third-order valence-electron chi connectivity index (χ3n) is 5.54. The minimum absolute atomic E-state index is 0.590. The van der Waals surface area contributed by atoms with Crippen LogP contribution in [0.15, 0.2) is 0 Å². The quantitative estimate of drug-likeness (QED) is 0.752. The van der Waals surface area contributed by atoms with Crippen LogP contribution in [0.4, 0.5) is 0 Å². The first kappa shape index (κ1) is 12.0. The third-order valence-corrected chi connectivity index (χ3v) is 5.54. The molecule has 3 fully saturated rings. The first-order chi connectivity index (χ1) is 8.05. The minimum Gasteiger partial charge on any atom is -0.316 e. The molecule has 0 aromatic heterocycles. The molecule has 4 atom stereocenters. The molecule has 17 heavy (non-hydrogen) atoms. The maximum atomic E-state index is 3.55. The molecule has 2 heteroatoms. The SMILES string of the molecule is CC1CC(C)(C)CCC1N1CC2CNCC2C1. The number of fused-ring (bicyclic) bond motifs is 1. The molecule has 2 heterocycles. The lowest BCUT2D eigenvalue weighted by molar-refractivity contribution is 0.0708. The average molecular weight is 236 g/mol. The lowest BCUT2D eigenvalue weighted by atomic mass is 9.70. The van der Waals surface area contributed by atoms with E-state index in [1.165, 1.54) is 45.4 Å². The zero-order valence-corrected chi connectivity index (χ0v) is 11.7. The smallest absolute Gasteiger partial charge is 0.0121 e. The zero-order chi connectivity index (χ0) is 12.0. The Kier molecular flexibility index (Phi) is 2.99. The van der Waals surface area contributed by atoms with Crippen LogP contribution in [-0.4, -0.2) is 37.1 Å². The summed E-state index contributed by atoms with van der Waals surface area (Å²) >= 11 is 0. The Balaban J connectivity index is 1.62. The highest BCUT2D eigenvalue weighted by Crippen LogP contribution is 2.42. The third kappa shape index (κ3) is 2.26. The fourth-order valence-corrected chi connectivity index (χ4v) is 4.64. The Labute approximate surface area is 106 Å². The first-order valence-corrected chi connectivity index (χ1v) is 7.50. The molecule has 3 aliphatic rings. The van der Waals surface area contributed by atoms with Crippen molar-refractivity contribution in [1.82, 2.24) is 10.2 Å². The minimum atomic E-state index is 0.590. The van der Waals surface area contributed by atoms with Crippen molar-refractivity contribution in [3.05, 3.63) is 0 Å². The molecule has 3 rings (SSSR count). The van der Waals surface area contributed by atoms with Gasteiger partial charge in [-0.15, -0.1) is 0 Å². The Morgan fingerprint density at radius 3 is 2.35 bits per heavy atom. The number of rotatable bonds is 1. The fraction of sp³-hybridized carbons (Fsp3) is 1.00. The van der Waals surface area contributed by atoms with Crippen molar-refractivity contribution >= 4 is 0 Å². The molecule has 1 saturated carbocycles. The van der Waals surface area contributed by atoms with Crippen molar-refractivity contribution in [3.8, 4) is 0 Å². The molecule has 4 unspecified atom stereocenters. The highest BCUT2D eigenvalue weighted by Gasteiger charge is 2.42. The first-order valence-electron chi connectivity index (χ1n) is 7.50. The van der Waals surface area contributed by atoms with Crippen molar-refractivity contribution in [2.75, 3.05) is 26.2 Å². The summed E-state index contributed by atoms with van der Waals surface area (Å²) in [5.74, 6) is 2.81. The van der Waals surface area contributed by atoms with Crippen LogP contribution in [0.3, 0.4) is 0 Å². The van der Waals surface area contributed by atoms with E-state index in [1.54, 1.807) is 0 Å². The van der Waals surface area contributed by atoms with Gasteiger partial charge in [0.2, 0.25) is 0 Å². The Bertz CT molecular complexity index is 275. The largest absolute Gasteiger partial charge is 0.316 e. The van der Waals surface area contributed by atoms with E-state index in [9.17, 15) is 0 Å². The number of nitrogens with zero attached hydrogens (tertiary/aromatic N) is 1. The predicted molar refractivity (Wildman–Crippen MR) is 72.0 cm³/mol. The molecular weight excluding hydrogens is 208 g/mol. The number of nitrogens with one attached hydrogen (secondary N) is 1. The second kappa shape index (κ2) is 4.24. The lowest BCUT2D eigenvalue weighted by Gasteiger charge is -2.43. The molecule has 0 amide bonds. The maximum Gasteiger partial charge on any atom is 0.0121 e. The van der Waals surface area contributed by atoms with Crippen LogP contribution in [0.2, 0.25) is 0 Å². The molecule has 2 saturated heterocycles. The van der Waals surface area contributed by atoms with Gasteiger partial charge in [0, 0.05) is 19.1 Å². The van der Waals surface area contributed by atoms with E-state index >= 15 is 0 Å². The van der Waals surface area contributed by atoms with E-state index < -0.39 is 0 Å². The molecule has 0 spiro atoms. The molecule has 0 radical (unpaired) electrons. The predicted octanol–water partition coefficient (Wildman–Crippen LogP) is 2.35. The highest BCUT2D eigenvalue weighted by molar-refractivity contribution is 4.96. The van der Waals surface area contributed by atoms with Crippen molar-refractivity contribution < 1.29 is 0 Å². The molecular formula is C15H28N2. The van der Waals surface area contributed by atoms with Crippen molar-refractivity contribution in [2.24, 2.45) is 23.2 Å². The van der Waals surface area contributed by atoms with E-state index in [0.29, 0.717) is 5.41 Å². The van der Waals surface area contributed by atoms with Gasteiger partial charge in [-0.3, -0.25) is 4.90 Å². The summed E-state index contributed by atoms with van der Waals surface area (Å²) in [5, 5.41) is 3.55. The summed E-state index contributed by atoms with van der Waals surface area (Å²) in [5.41, 5.74) is 0.590. The summed E-state index contributed by atoms with van der Waals surface area (Å²) in [6.07, 6.45) is 4.27. The van der Waals surface area contributed by atoms with Crippen LogP contribution in [0, 0.1) is 23.2 Å². The van der Waals surface area contributed by atoms with Gasteiger partial charge in [-0.2, -0.15) is 0 Å². The van der Waals surface area contributed by atoms with Crippen LogP contribution >= 0.6 is 0 Å². The van der Waals surface area contributed by atoms with Crippen LogP contribution in [-0.2, 0) is 0 Å². The fourth-order valence-electron chi connectivity index (χ4n) is 4.64. The van der Waals surface area contributed by atoms with Gasteiger partial charge < -0.3 is 5.32 Å². The molecule has 98 valence electrons. The Morgan fingerprint density at radius 2 is 1.76 bits per heavy atom. The second-order valence-corrected chi connectivity index (χ2v) is 7.58. The van der Waals surface area contributed by atoms with E-state index in [0.717, 1.165) is 23.8 Å². The average Bonchev–Trinajstić information content (AvgIpc) is 2.75. The van der Waals surface area contributed by atoms with Gasteiger partial charge in [0.1, 0.15) is 0 Å². The molecule has 1 aliphatic carbocycles. The standard InChI is InChI=1S/C15H28N2/c1-11-6-15(2,3)5-4-14(11)17-9-12-7-16-8-13(12)10-17/h11-14,16H,4-10H2,1-3H3. The van der Waals surface area contributed by atoms with E-state index in [2.05, 4.69) is 31.0 Å². The molecule has 0 aromatic carbocycles. The van der Waals surface area contributed by atoms with Gasteiger partial charge in [-0.25, -0.2) is 0 Å². The molecule has 0 aromatic rings. The summed E-state index contributed by atoms with van der Waals surface area (Å²) < 4.78 is 0. The van der Waals surface area contributed by atoms with Gasteiger partial charge >= 0.3 is 0 Å². The van der Waals surface area contributed by atoms with E-state index in [4.69, 9.17) is 0 Å². The monoisotopic (exact) mass is 236 g/mol. The van der Waals surface area contributed by atoms with Gasteiger partial charge in [-0.1, -0.05) is 20.8 Å². The zero-order valence-electron chi connectivity index (χ0n) is 11.7. The number of likely N-dealkylation sites (tertiary alicyclic amines) is 1. The Morgan fingerprint density at radius 1 is 1.12 bits per heavy atom. The molecule has 2 nitrogen and oxygen atoms in total. The molecule has 2 aliphatic heterocycles. The van der Waals surface area contributed by atoms with Crippen molar-refractivity contribution in [3.63, 3.8) is 0 Å². The topological polar surface area (TPSA) is 15.3 Å². The van der Waals surface area contributed by atoms with E-state index in [-0.39, 0.29) is 0 Å². The summed E-state index contributed by atoms with van der Waals surface area (Å²) in [4.78, 5) is 2.83. The lowest BCUT2D eigenvalue weighted by Crippen LogP contribution is -2.44. The van der Waals surface area contributed by atoms with Gasteiger partial charge in [0.15, 0.2) is 0 Å². The normalized spacial score (nSPS) is 46.1. The van der Waals surface area contributed by atoms with Gasteiger partial charge in [0.05, 0.1) is 0 Å². The summed E-state index contributed by atoms with van der Waals surface area (Å²) in [7, 11) is 0. The van der Waals surface area contributed by atoms with Gasteiger partial charge in [-0.05, 0) is 55.5 Å². The maximum absolute atomic E-state index is 3.55. The highest BCUT2D eigenvalue weighted by atomic mass is 15.2. The number of hydrogen-bond donors (Lipinski definition) is 1. The van der Waals surface area contributed by atoms with Crippen LogP contribution in [0.25, 0.3) is 0 Å².